The van der Waals surface area contributed by atoms with E-state index in [2.05, 4.69) is 25.3 Å². The fourth-order valence-electron chi connectivity index (χ4n) is 1.87. The molecule has 0 aliphatic carbocycles. The molecule has 10 heteroatoms. The summed E-state index contributed by atoms with van der Waals surface area (Å²) in [5.74, 6) is -0.597. The third-order valence-electron chi connectivity index (χ3n) is 2.96. The van der Waals surface area contributed by atoms with Gasteiger partial charge in [-0.15, -0.1) is 0 Å². The number of ether oxygens (including phenoxy) is 1. The maximum Gasteiger partial charge on any atom is 0.422 e. The molecular formula is C16H15F3N4O3. The second-order valence-corrected chi connectivity index (χ2v) is 5.20. The molecule has 2 aromatic rings. The third-order valence-corrected chi connectivity index (χ3v) is 2.96. The maximum absolute atomic E-state index is 12.1. The highest BCUT2D eigenvalue weighted by Crippen LogP contribution is 2.17. The molecule has 0 bridgehead atoms. The van der Waals surface area contributed by atoms with E-state index >= 15 is 0 Å². The van der Waals surface area contributed by atoms with Gasteiger partial charge in [-0.2, -0.15) is 13.2 Å². The Hall–Kier alpha value is -3.17. The summed E-state index contributed by atoms with van der Waals surface area (Å²) in [7, 11) is 0. The zero-order chi connectivity index (χ0) is 19.2. The number of anilines is 1. The summed E-state index contributed by atoms with van der Waals surface area (Å²) >= 11 is 0. The minimum atomic E-state index is -4.46. The van der Waals surface area contributed by atoms with Crippen molar-refractivity contribution in [1.29, 1.82) is 0 Å². The van der Waals surface area contributed by atoms with Gasteiger partial charge < -0.3 is 15.4 Å². The van der Waals surface area contributed by atoms with Crippen molar-refractivity contribution in [2.45, 2.75) is 19.6 Å². The van der Waals surface area contributed by atoms with Gasteiger partial charge in [-0.1, -0.05) is 0 Å². The highest BCUT2D eigenvalue weighted by Gasteiger charge is 2.28. The first kappa shape index (κ1) is 19.2. The lowest BCUT2D eigenvalue weighted by Crippen LogP contribution is -2.23. The molecule has 2 N–H and O–H groups in total. The van der Waals surface area contributed by atoms with Gasteiger partial charge in [0.2, 0.25) is 11.8 Å². The number of carbonyl (C=O) groups is 2. The Bertz CT molecular complexity index is 779. The minimum absolute atomic E-state index is 0.167. The lowest BCUT2D eigenvalue weighted by molar-refractivity contribution is -0.154. The summed E-state index contributed by atoms with van der Waals surface area (Å²) in [4.78, 5) is 30.7. The molecule has 0 fully saturated rings. The largest absolute Gasteiger partial charge is 0.468 e. The van der Waals surface area contributed by atoms with Crippen molar-refractivity contribution >= 4 is 17.6 Å². The van der Waals surface area contributed by atoms with Crippen LogP contribution in [0.15, 0.2) is 36.7 Å². The average Bonchev–Trinajstić information content (AvgIpc) is 2.57. The Balaban J connectivity index is 1.90. The van der Waals surface area contributed by atoms with Crippen LogP contribution in [0.1, 0.15) is 22.8 Å². The molecule has 7 nitrogen and oxygen atoms in total. The number of halogens is 3. The number of nitrogens with zero attached hydrogens (tertiary/aromatic N) is 2. The number of pyridine rings is 2. The molecule has 26 heavy (non-hydrogen) atoms. The minimum Gasteiger partial charge on any atom is -0.468 e. The van der Waals surface area contributed by atoms with Crippen molar-refractivity contribution in [2.75, 3.05) is 11.9 Å². The predicted molar refractivity (Wildman–Crippen MR) is 85.5 cm³/mol. The Morgan fingerprint density at radius 3 is 2.58 bits per heavy atom. The number of amides is 2. The van der Waals surface area contributed by atoms with Crippen LogP contribution in [0.25, 0.3) is 0 Å². The van der Waals surface area contributed by atoms with Crippen LogP contribution in [0.4, 0.5) is 19.0 Å². The van der Waals surface area contributed by atoms with Gasteiger partial charge in [0.15, 0.2) is 6.61 Å². The van der Waals surface area contributed by atoms with Gasteiger partial charge >= 0.3 is 6.18 Å². The molecule has 0 radical (unpaired) electrons. The number of hydrogen-bond donors (Lipinski definition) is 2. The highest BCUT2D eigenvalue weighted by molar-refractivity contribution is 5.93. The van der Waals surface area contributed by atoms with E-state index < -0.39 is 18.7 Å². The maximum atomic E-state index is 12.1. The number of hydrogen-bond acceptors (Lipinski definition) is 5. The summed E-state index contributed by atoms with van der Waals surface area (Å²) in [6, 6.07) is 5.76. The van der Waals surface area contributed by atoms with E-state index in [4.69, 9.17) is 0 Å². The summed E-state index contributed by atoms with van der Waals surface area (Å²) in [5, 5.41) is 5.16. The van der Waals surface area contributed by atoms with Gasteiger partial charge in [-0.05, 0) is 23.8 Å². The van der Waals surface area contributed by atoms with Crippen molar-refractivity contribution in [3.63, 3.8) is 0 Å². The Morgan fingerprint density at radius 1 is 1.19 bits per heavy atom. The van der Waals surface area contributed by atoms with Crippen molar-refractivity contribution in [1.82, 2.24) is 15.3 Å². The molecule has 0 spiro atoms. The molecule has 2 aromatic heterocycles. The van der Waals surface area contributed by atoms with E-state index in [1.165, 1.54) is 25.3 Å². The van der Waals surface area contributed by atoms with Crippen LogP contribution in [0.5, 0.6) is 5.88 Å². The molecule has 0 saturated heterocycles. The zero-order valence-electron chi connectivity index (χ0n) is 13.6. The molecule has 2 rings (SSSR count). The molecule has 138 valence electrons. The summed E-state index contributed by atoms with van der Waals surface area (Å²) in [6.45, 7) is 0.0652. The van der Waals surface area contributed by atoms with Crippen molar-refractivity contribution < 1.29 is 27.5 Å². The quantitative estimate of drug-likeness (QED) is 0.816. The van der Waals surface area contributed by atoms with Crippen molar-refractivity contribution in [2.24, 2.45) is 0 Å². The van der Waals surface area contributed by atoms with Crippen LogP contribution in [0.3, 0.4) is 0 Å². The van der Waals surface area contributed by atoms with Gasteiger partial charge in [0.25, 0.3) is 5.91 Å². The van der Waals surface area contributed by atoms with Gasteiger partial charge in [0.1, 0.15) is 5.82 Å². The van der Waals surface area contributed by atoms with Gasteiger partial charge in [-0.3, -0.25) is 9.59 Å². The number of carbonyl (C=O) groups excluding carboxylic acids is 2. The second-order valence-electron chi connectivity index (χ2n) is 5.20. The Kier molecular flexibility index (Phi) is 6.10. The second kappa shape index (κ2) is 8.28. The first-order chi connectivity index (χ1) is 12.2. The SMILES string of the molecule is CC(=O)Nc1cc(CNC(=O)c2ccc(OCC(F)(F)F)nc2)ccn1. The number of alkyl halides is 3. The van der Waals surface area contributed by atoms with Crippen molar-refractivity contribution in [3.8, 4) is 5.88 Å². The first-order valence-corrected chi connectivity index (χ1v) is 7.39. The third kappa shape index (κ3) is 6.38. The number of rotatable bonds is 6. The number of aromatic nitrogens is 2. The van der Waals surface area contributed by atoms with Crippen LogP contribution >= 0.6 is 0 Å². The lowest BCUT2D eigenvalue weighted by Gasteiger charge is -2.09. The Morgan fingerprint density at radius 2 is 1.96 bits per heavy atom. The monoisotopic (exact) mass is 368 g/mol. The fraction of sp³-hybridized carbons (Fsp3) is 0.250. The van der Waals surface area contributed by atoms with E-state index in [0.717, 1.165) is 6.20 Å². The first-order valence-electron chi connectivity index (χ1n) is 7.39. The standard InChI is InChI=1S/C16H15F3N4O3/c1-10(24)23-13-6-11(4-5-20-13)7-22-15(25)12-2-3-14(21-8-12)26-9-16(17,18)19/h2-6,8H,7,9H2,1H3,(H,22,25)(H,20,23,24). The topological polar surface area (TPSA) is 93.2 Å². The smallest absolute Gasteiger partial charge is 0.422 e. The van der Waals surface area contributed by atoms with E-state index in [-0.39, 0.29) is 23.9 Å². The average molecular weight is 368 g/mol. The highest BCUT2D eigenvalue weighted by atomic mass is 19.4. The molecule has 2 heterocycles. The molecule has 0 saturated carbocycles. The molecule has 0 aliphatic rings. The number of nitrogens with one attached hydrogen (secondary N) is 2. The molecule has 0 unspecified atom stereocenters. The van der Waals surface area contributed by atoms with Gasteiger partial charge in [0, 0.05) is 31.9 Å². The molecule has 0 aromatic carbocycles. The molecule has 0 aliphatic heterocycles. The normalized spacial score (nSPS) is 10.9. The van der Waals surface area contributed by atoms with Gasteiger partial charge in [-0.25, -0.2) is 9.97 Å². The van der Waals surface area contributed by atoms with E-state index in [9.17, 15) is 22.8 Å². The Labute approximate surface area is 146 Å². The van der Waals surface area contributed by atoms with Crippen LogP contribution in [0, 0.1) is 0 Å². The van der Waals surface area contributed by atoms with Crippen LogP contribution < -0.4 is 15.4 Å². The van der Waals surface area contributed by atoms with Crippen LogP contribution in [0.2, 0.25) is 0 Å². The van der Waals surface area contributed by atoms with E-state index in [1.54, 1.807) is 12.1 Å². The predicted octanol–water partition coefficient (Wildman–Crippen LogP) is 2.31. The van der Waals surface area contributed by atoms with E-state index in [1.807, 2.05) is 0 Å². The van der Waals surface area contributed by atoms with E-state index in [0.29, 0.717) is 11.4 Å². The van der Waals surface area contributed by atoms with Gasteiger partial charge in [0.05, 0.1) is 5.56 Å². The molecular weight excluding hydrogens is 353 g/mol. The summed E-state index contributed by atoms with van der Waals surface area (Å²) in [5.41, 5.74) is 0.871. The summed E-state index contributed by atoms with van der Waals surface area (Å²) < 4.78 is 40.7. The van der Waals surface area contributed by atoms with Crippen LogP contribution in [-0.2, 0) is 11.3 Å². The van der Waals surface area contributed by atoms with Crippen LogP contribution in [-0.4, -0.2) is 34.6 Å². The van der Waals surface area contributed by atoms with Crippen molar-refractivity contribution in [3.05, 3.63) is 47.8 Å². The lowest BCUT2D eigenvalue weighted by atomic mass is 10.2. The molecule has 2 amide bonds. The summed E-state index contributed by atoms with van der Waals surface area (Å²) in [6.07, 6.45) is -1.85. The fourth-order valence-corrected chi connectivity index (χ4v) is 1.87. The molecule has 0 atom stereocenters. The zero-order valence-corrected chi connectivity index (χ0v) is 13.6.